The van der Waals surface area contributed by atoms with Crippen molar-refractivity contribution in [1.82, 2.24) is 4.90 Å². The third-order valence-corrected chi connectivity index (χ3v) is 5.09. The minimum atomic E-state index is -0.119. The number of rotatable bonds is 2. The number of nitrogens with one attached hydrogen (secondary N) is 1. The normalized spacial score (nSPS) is 16.8. The fourth-order valence-corrected chi connectivity index (χ4v) is 3.29. The molecule has 2 aromatic carbocycles. The van der Waals surface area contributed by atoms with Crippen molar-refractivity contribution in [2.75, 3.05) is 12.4 Å². The molecule has 0 spiro atoms. The Morgan fingerprint density at radius 3 is 2.48 bits per heavy atom. The predicted molar refractivity (Wildman–Crippen MR) is 110 cm³/mol. The van der Waals surface area contributed by atoms with E-state index in [9.17, 15) is 4.79 Å². The summed E-state index contributed by atoms with van der Waals surface area (Å²) in [4.78, 5) is 14.7. The summed E-state index contributed by atoms with van der Waals surface area (Å²) in [6.07, 6.45) is 2.66. The highest BCUT2D eigenvalue weighted by Crippen LogP contribution is 2.36. The van der Waals surface area contributed by atoms with Crippen molar-refractivity contribution >= 4 is 45.6 Å². The number of benzene rings is 2. The number of hydrogen-bond acceptors (Lipinski definition) is 2. The van der Waals surface area contributed by atoms with E-state index in [1.807, 2.05) is 30.3 Å². The quantitative estimate of drug-likeness (QED) is 0.683. The van der Waals surface area contributed by atoms with Gasteiger partial charge in [-0.25, -0.2) is 0 Å². The Bertz CT molecular complexity index is 800. The summed E-state index contributed by atoms with van der Waals surface area (Å²) < 4.78 is 0.988. The molecule has 5 heteroatoms. The van der Waals surface area contributed by atoms with E-state index >= 15 is 0 Å². The molecular weight excluding hydrogens is 400 g/mol. The van der Waals surface area contributed by atoms with Gasteiger partial charge in [0.25, 0.3) is 0 Å². The highest BCUT2D eigenvalue weighted by molar-refractivity contribution is 9.10. The first-order valence-corrected chi connectivity index (χ1v) is 8.76. The molecule has 1 aliphatic heterocycles. The van der Waals surface area contributed by atoms with Crippen molar-refractivity contribution < 1.29 is 4.79 Å². The van der Waals surface area contributed by atoms with Crippen molar-refractivity contribution in [2.24, 2.45) is 0 Å². The molecule has 0 fully saturated rings. The number of amides is 1. The Balaban J connectivity index is 0.00000225. The molecule has 1 aliphatic rings. The number of carbonyl (C=O) groups excluding carboxylic acids is 1. The van der Waals surface area contributed by atoms with Gasteiger partial charge in [0.05, 0.1) is 0 Å². The van der Waals surface area contributed by atoms with Gasteiger partial charge >= 0.3 is 0 Å². The van der Waals surface area contributed by atoms with Crippen LogP contribution in [0.2, 0.25) is 0 Å². The minimum Gasteiger partial charge on any atom is -0.368 e. The summed E-state index contributed by atoms with van der Waals surface area (Å²) >= 11 is 3.40. The van der Waals surface area contributed by atoms with Crippen molar-refractivity contribution in [3.8, 4) is 0 Å². The first kappa shape index (κ1) is 19.5. The van der Waals surface area contributed by atoms with E-state index in [1.165, 1.54) is 5.56 Å². The zero-order chi connectivity index (χ0) is 17.3. The molecule has 2 aromatic rings. The highest BCUT2D eigenvalue weighted by atomic mass is 79.9. The molecule has 0 atom stereocenters. The van der Waals surface area contributed by atoms with Crippen molar-refractivity contribution in [1.29, 1.82) is 0 Å². The third-order valence-electron chi connectivity index (χ3n) is 4.57. The molecule has 3 nitrogen and oxygen atoms in total. The standard InChI is InChI=1S/C20H21BrN2O.ClH/c1-20(2)13-14-6-4-5-7-17(14)18(23(20)3)12-19(24)22-16-10-8-15(21)9-11-16;/h4-12H,13H2,1-3H3,(H,22,24);1H. The van der Waals surface area contributed by atoms with Gasteiger partial charge in [0.15, 0.2) is 0 Å². The molecule has 0 bridgehead atoms. The molecule has 0 radical (unpaired) electrons. The second kappa shape index (κ2) is 7.63. The topological polar surface area (TPSA) is 32.3 Å². The molecule has 3 rings (SSSR count). The van der Waals surface area contributed by atoms with E-state index in [0.717, 1.165) is 27.8 Å². The van der Waals surface area contributed by atoms with Crippen LogP contribution in [0.4, 0.5) is 5.69 Å². The Hall–Kier alpha value is -1.78. The Kier molecular flexibility index (Phi) is 5.96. The average molecular weight is 422 g/mol. The zero-order valence-electron chi connectivity index (χ0n) is 14.5. The minimum absolute atomic E-state index is 0. The summed E-state index contributed by atoms with van der Waals surface area (Å²) in [7, 11) is 2.05. The van der Waals surface area contributed by atoms with Gasteiger partial charge in [0, 0.05) is 40.1 Å². The lowest BCUT2D eigenvalue weighted by molar-refractivity contribution is -0.111. The molecule has 25 heavy (non-hydrogen) atoms. The first-order chi connectivity index (χ1) is 11.4. The van der Waals surface area contributed by atoms with E-state index in [1.54, 1.807) is 6.08 Å². The van der Waals surface area contributed by atoms with Crippen LogP contribution in [0, 0.1) is 0 Å². The van der Waals surface area contributed by atoms with Crippen LogP contribution in [0.25, 0.3) is 5.70 Å². The van der Waals surface area contributed by atoms with E-state index in [-0.39, 0.29) is 23.9 Å². The van der Waals surface area contributed by atoms with Crippen LogP contribution in [0.1, 0.15) is 25.0 Å². The first-order valence-electron chi connectivity index (χ1n) is 7.97. The second-order valence-electron chi connectivity index (χ2n) is 6.73. The molecule has 0 saturated heterocycles. The van der Waals surface area contributed by atoms with Crippen LogP contribution in [-0.2, 0) is 11.2 Å². The number of carbonyl (C=O) groups is 1. The Labute approximate surface area is 163 Å². The predicted octanol–water partition coefficient (Wildman–Crippen LogP) is 5.12. The number of hydrogen-bond donors (Lipinski definition) is 1. The van der Waals surface area contributed by atoms with Crippen LogP contribution in [0.15, 0.2) is 59.1 Å². The lowest BCUT2D eigenvalue weighted by Gasteiger charge is -2.44. The molecule has 0 unspecified atom stereocenters. The fourth-order valence-electron chi connectivity index (χ4n) is 3.03. The van der Waals surface area contributed by atoms with Gasteiger partial charge in [-0.15, -0.1) is 12.4 Å². The lowest BCUT2D eigenvalue weighted by atomic mass is 9.84. The monoisotopic (exact) mass is 420 g/mol. The SMILES string of the molecule is CN1C(=CC(=O)Nc2ccc(Br)cc2)c2ccccc2CC1(C)C.Cl. The van der Waals surface area contributed by atoms with Gasteiger partial charge in [0.1, 0.15) is 0 Å². The van der Waals surface area contributed by atoms with Crippen molar-refractivity contribution in [3.05, 3.63) is 70.2 Å². The van der Waals surface area contributed by atoms with Gasteiger partial charge in [0.2, 0.25) is 5.91 Å². The molecule has 0 aromatic heterocycles. The van der Waals surface area contributed by atoms with Crippen LogP contribution < -0.4 is 5.32 Å². The second-order valence-corrected chi connectivity index (χ2v) is 7.65. The van der Waals surface area contributed by atoms with Crippen LogP contribution in [-0.4, -0.2) is 23.4 Å². The van der Waals surface area contributed by atoms with Gasteiger partial charge in [-0.05, 0) is 50.1 Å². The number of fused-ring (bicyclic) bond motifs is 1. The van der Waals surface area contributed by atoms with E-state index in [2.05, 4.69) is 65.2 Å². The maximum atomic E-state index is 12.5. The van der Waals surface area contributed by atoms with Gasteiger partial charge in [-0.3, -0.25) is 4.79 Å². The van der Waals surface area contributed by atoms with Gasteiger partial charge in [-0.2, -0.15) is 0 Å². The van der Waals surface area contributed by atoms with E-state index in [0.29, 0.717) is 0 Å². The zero-order valence-corrected chi connectivity index (χ0v) is 16.9. The summed E-state index contributed by atoms with van der Waals surface area (Å²) in [6, 6.07) is 15.9. The van der Waals surface area contributed by atoms with E-state index in [4.69, 9.17) is 0 Å². The number of anilines is 1. The fraction of sp³-hybridized carbons (Fsp3) is 0.250. The summed E-state index contributed by atoms with van der Waals surface area (Å²) in [6.45, 7) is 4.40. The molecule has 1 amide bonds. The highest BCUT2D eigenvalue weighted by Gasteiger charge is 2.33. The molecule has 132 valence electrons. The molecule has 0 aliphatic carbocycles. The lowest BCUT2D eigenvalue weighted by Crippen LogP contribution is -2.45. The Morgan fingerprint density at radius 2 is 1.80 bits per heavy atom. The third kappa shape index (κ3) is 4.25. The van der Waals surface area contributed by atoms with Gasteiger partial charge < -0.3 is 10.2 Å². The van der Waals surface area contributed by atoms with E-state index < -0.39 is 0 Å². The number of nitrogens with zero attached hydrogens (tertiary/aromatic N) is 1. The largest absolute Gasteiger partial charge is 0.368 e. The van der Waals surface area contributed by atoms with Crippen molar-refractivity contribution in [3.63, 3.8) is 0 Å². The Morgan fingerprint density at radius 1 is 1.16 bits per heavy atom. The maximum Gasteiger partial charge on any atom is 0.250 e. The van der Waals surface area contributed by atoms with Crippen LogP contribution >= 0.6 is 28.3 Å². The summed E-state index contributed by atoms with van der Waals surface area (Å²) in [5, 5.41) is 2.93. The van der Waals surface area contributed by atoms with Crippen molar-refractivity contribution in [2.45, 2.75) is 25.8 Å². The number of likely N-dealkylation sites (N-methyl/N-ethyl adjacent to an activating group) is 1. The smallest absolute Gasteiger partial charge is 0.250 e. The van der Waals surface area contributed by atoms with Gasteiger partial charge in [-0.1, -0.05) is 40.2 Å². The molecule has 0 saturated carbocycles. The molecule has 1 N–H and O–H groups in total. The average Bonchev–Trinajstić information content (AvgIpc) is 2.54. The molecular formula is C20H22BrClN2O. The maximum absolute atomic E-state index is 12.5. The summed E-state index contributed by atoms with van der Waals surface area (Å²) in [5.41, 5.74) is 4.12. The van der Waals surface area contributed by atoms with Crippen LogP contribution in [0.3, 0.4) is 0 Å². The van der Waals surface area contributed by atoms with Crippen LogP contribution in [0.5, 0.6) is 0 Å². The molecule has 1 heterocycles. The summed E-state index contributed by atoms with van der Waals surface area (Å²) in [5.74, 6) is -0.119. The number of halogens is 2.